The third kappa shape index (κ3) is 3.63. The maximum atomic E-state index is 11.1. The van der Waals surface area contributed by atoms with Crippen LogP contribution in [0.3, 0.4) is 0 Å². The molecule has 32 heavy (non-hydrogen) atoms. The summed E-state index contributed by atoms with van der Waals surface area (Å²) in [5.41, 5.74) is 2.85. The van der Waals surface area contributed by atoms with Gasteiger partial charge < -0.3 is 19.7 Å². The summed E-state index contributed by atoms with van der Waals surface area (Å²) in [4.78, 5) is 17.7. The predicted molar refractivity (Wildman–Crippen MR) is 125 cm³/mol. The van der Waals surface area contributed by atoms with E-state index in [1.54, 1.807) is 30.5 Å². The van der Waals surface area contributed by atoms with Gasteiger partial charge >= 0.3 is 5.97 Å². The zero-order chi connectivity index (χ0) is 22.1. The van der Waals surface area contributed by atoms with Gasteiger partial charge in [-0.25, -0.2) is 4.79 Å². The van der Waals surface area contributed by atoms with Gasteiger partial charge in [-0.3, -0.25) is 4.98 Å². The number of aromatic carboxylic acids is 1. The minimum absolute atomic E-state index is 0.197. The smallest absolute Gasteiger partial charge is 0.335 e. The van der Waals surface area contributed by atoms with Gasteiger partial charge in [-0.1, -0.05) is 36.4 Å². The van der Waals surface area contributed by atoms with Gasteiger partial charge in [0.15, 0.2) is 5.11 Å². The zero-order valence-electron chi connectivity index (χ0n) is 16.9. The number of pyridine rings is 1. The van der Waals surface area contributed by atoms with E-state index >= 15 is 0 Å². The second kappa shape index (κ2) is 8.28. The zero-order valence-corrected chi connectivity index (χ0v) is 17.7. The van der Waals surface area contributed by atoms with Crippen molar-refractivity contribution < 1.29 is 14.3 Å². The van der Waals surface area contributed by atoms with Crippen LogP contribution in [0.15, 0.2) is 95.5 Å². The summed E-state index contributed by atoms with van der Waals surface area (Å²) < 4.78 is 6.29. The number of carboxylic acids is 1. The molecular formula is C25H19N3O3S. The van der Waals surface area contributed by atoms with Gasteiger partial charge in [-0.2, -0.15) is 0 Å². The molecule has 158 valence electrons. The molecular weight excluding hydrogens is 422 g/mol. The highest BCUT2D eigenvalue weighted by Gasteiger charge is 2.42. The van der Waals surface area contributed by atoms with Crippen molar-refractivity contribution in [1.82, 2.24) is 10.3 Å². The molecule has 6 nitrogen and oxygen atoms in total. The Hall–Kier alpha value is -3.97. The summed E-state index contributed by atoms with van der Waals surface area (Å²) in [5, 5.41) is 13.1. The Morgan fingerprint density at radius 3 is 2.41 bits per heavy atom. The third-order valence-corrected chi connectivity index (χ3v) is 5.78. The van der Waals surface area contributed by atoms with Crippen LogP contribution in [0.1, 0.15) is 33.9 Å². The van der Waals surface area contributed by atoms with Crippen molar-refractivity contribution in [2.24, 2.45) is 0 Å². The molecule has 0 spiro atoms. The van der Waals surface area contributed by atoms with Crippen molar-refractivity contribution in [2.45, 2.75) is 12.1 Å². The molecule has 0 bridgehead atoms. The molecule has 3 heterocycles. The van der Waals surface area contributed by atoms with Gasteiger partial charge in [0.1, 0.15) is 17.6 Å². The van der Waals surface area contributed by atoms with Crippen molar-refractivity contribution in [3.8, 4) is 11.3 Å². The fourth-order valence-corrected chi connectivity index (χ4v) is 4.30. The van der Waals surface area contributed by atoms with Gasteiger partial charge in [0.2, 0.25) is 0 Å². The van der Waals surface area contributed by atoms with Gasteiger partial charge in [-0.05, 0) is 60.7 Å². The summed E-state index contributed by atoms with van der Waals surface area (Å²) in [6.07, 6.45) is 1.76. The Balaban J connectivity index is 1.56. The minimum Gasteiger partial charge on any atom is -0.478 e. The van der Waals surface area contributed by atoms with Crippen LogP contribution >= 0.6 is 12.2 Å². The third-order valence-electron chi connectivity index (χ3n) is 5.47. The first kappa shape index (κ1) is 20.0. The summed E-state index contributed by atoms with van der Waals surface area (Å²) in [6.45, 7) is 0. The number of carboxylic acid groups (broad SMARTS) is 1. The van der Waals surface area contributed by atoms with Crippen LogP contribution in [0.4, 0.5) is 5.69 Å². The molecule has 2 aromatic heterocycles. The van der Waals surface area contributed by atoms with Crippen LogP contribution in [0.2, 0.25) is 0 Å². The Kier molecular flexibility index (Phi) is 5.17. The van der Waals surface area contributed by atoms with E-state index in [4.69, 9.17) is 21.7 Å². The molecule has 7 heteroatoms. The summed E-state index contributed by atoms with van der Waals surface area (Å²) in [6, 6.07) is 25.7. The number of para-hydroxylation sites is 1. The number of hydrogen-bond donors (Lipinski definition) is 2. The van der Waals surface area contributed by atoms with Crippen molar-refractivity contribution in [2.75, 3.05) is 4.90 Å². The molecule has 0 unspecified atom stereocenters. The number of thiocarbonyl (C=S) groups is 1. The van der Waals surface area contributed by atoms with Crippen LogP contribution < -0.4 is 10.2 Å². The number of anilines is 1. The van der Waals surface area contributed by atoms with E-state index in [-0.39, 0.29) is 17.6 Å². The SMILES string of the molecule is O=C(O)c1ccc(-c2ccc([C@@H]3[C@H](c4ccccn4)NC(=S)N3c3ccccc3)o2)cc1. The molecule has 2 atom stereocenters. The molecule has 0 amide bonds. The lowest BCUT2D eigenvalue weighted by atomic mass is 10.0. The highest BCUT2D eigenvalue weighted by molar-refractivity contribution is 7.80. The lowest BCUT2D eigenvalue weighted by Crippen LogP contribution is -2.29. The normalized spacial score (nSPS) is 17.9. The summed E-state index contributed by atoms with van der Waals surface area (Å²) in [5.74, 6) is 0.427. The molecule has 0 saturated carbocycles. The van der Waals surface area contributed by atoms with Crippen LogP contribution in [-0.2, 0) is 0 Å². The van der Waals surface area contributed by atoms with Gasteiger partial charge in [0.25, 0.3) is 0 Å². The highest BCUT2D eigenvalue weighted by atomic mass is 32.1. The molecule has 0 aliphatic carbocycles. The molecule has 1 aliphatic heterocycles. The van der Waals surface area contributed by atoms with Crippen LogP contribution in [0.5, 0.6) is 0 Å². The lowest BCUT2D eigenvalue weighted by Gasteiger charge is -2.26. The maximum Gasteiger partial charge on any atom is 0.335 e. The minimum atomic E-state index is -0.959. The topological polar surface area (TPSA) is 78.6 Å². The van der Waals surface area contributed by atoms with Crippen molar-refractivity contribution in [1.29, 1.82) is 0 Å². The average molecular weight is 442 g/mol. The Morgan fingerprint density at radius 1 is 0.969 bits per heavy atom. The summed E-state index contributed by atoms with van der Waals surface area (Å²) >= 11 is 5.71. The fraction of sp³-hybridized carbons (Fsp3) is 0.0800. The lowest BCUT2D eigenvalue weighted by molar-refractivity contribution is 0.0697. The van der Waals surface area contributed by atoms with Crippen molar-refractivity contribution in [3.63, 3.8) is 0 Å². The van der Waals surface area contributed by atoms with Gasteiger partial charge in [0.05, 0.1) is 17.3 Å². The van der Waals surface area contributed by atoms with E-state index < -0.39 is 5.97 Å². The summed E-state index contributed by atoms with van der Waals surface area (Å²) in [7, 11) is 0. The first-order valence-electron chi connectivity index (χ1n) is 10.1. The first-order valence-corrected chi connectivity index (χ1v) is 10.5. The van der Waals surface area contributed by atoms with Crippen LogP contribution in [-0.4, -0.2) is 21.2 Å². The Labute approximate surface area is 190 Å². The second-order valence-electron chi connectivity index (χ2n) is 7.42. The largest absolute Gasteiger partial charge is 0.478 e. The molecule has 2 N–H and O–H groups in total. The number of aromatic nitrogens is 1. The number of rotatable bonds is 5. The average Bonchev–Trinajstić information content (AvgIpc) is 3.45. The highest BCUT2D eigenvalue weighted by Crippen LogP contribution is 2.42. The van der Waals surface area contributed by atoms with Crippen molar-refractivity contribution >= 4 is 29.0 Å². The monoisotopic (exact) mass is 441 g/mol. The molecule has 4 aromatic rings. The molecule has 5 rings (SSSR count). The number of benzene rings is 2. The number of carbonyl (C=O) groups is 1. The number of nitrogens with one attached hydrogen (secondary N) is 1. The van der Waals surface area contributed by atoms with Crippen LogP contribution in [0, 0.1) is 0 Å². The second-order valence-corrected chi connectivity index (χ2v) is 7.80. The molecule has 1 saturated heterocycles. The van der Waals surface area contributed by atoms with Crippen LogP contribution in [0.25, 0.3) is 11.3 Å². The van der Waals surface area contributed by atoms with E-state index in [9.17, 15) is 4.79 Å². The number of furan rings is 1. The molecule has 1 aliphatic rings. The maximum absolute atomic E-state index is 11.1. The predicted octanol–water partition coefficient (Wildman–Crippen LogP) is 5.22. The first-order chi connectivity index (χ1) is 15.6. The number of nitrogens with zero attached hydrogens (tertiary/aromatic N) is 2. The Morgan fingerprint density at radius 2 is 1.72 bits per heavy atom. The molecule has 0 radical (unpaired) electrons. The number of hydrogen-bond acceptors (Lipinski definition) is 4. The standard InChI is InChI=1S/C25H19N3O3S/c29-24(30)17-11-9-16(10-12-17)20-13-14-21(31-20)23-22(19-8-4-5-15-26-19)27-25(32)28(23)18-6-2-1-3-7-18/h1-15,22-23H,(H,27,32)(H,29,30)/t22-,23+/m0/s1. The van der Waals surface area contributed by atoms with Gasteiger partial charge in [-0.15, -0.1) is 0 Å². The van der Waals surface area contributed by atoms with E-state index in [1.165, 1.54) is 0 Å². The van der Waals surface area contributed by atoms with Crippen molar-refractivity contribution in [3.05, 3.63) is 108 Å². The molecule has 2 aromatic carbocycles. The van der Waals surface area contributed by atoms with E-state index in [2.05, 4.69) is 10.3 Å². The van der Waals surface area contributed by atoms with E-state index in [1.807, 2.05) is 65.6 Å². The fourth-order valence-electron chi connectivity index (χ4n) is 3.95. The van der Waals surface area contributed by atoms with E-state index in [0.29, 0.717) is 10.9 Å². The molecule has 1 fully saturated rings. The van der Waals surface area contributed by atoms with Gasteiger partial charge in [0, 0.05) is 17.4 Å². The quantitative estimate of drug-likeness (QED) is 0.411. The van der Waals surface area contributed by atoms with E-state index in [0.717, 1.165) is 22.7 Å². The Bertz CT molecular complexity index is 1260.